The third-order valence-electron chi connectivity index (χ3n) is 10.3. The number of methoxy groups -OCH3 is 1. The molecule has 9 heteroatoms. The van der Waals surface area contributed by atoms with Crippen LogP contribution in [0.15, 0.2) is 16.8 Å². The third kappa shape index (κ3) is 4.54. The van der Waals surface area contributed by atoms with Gasteiger partial charge in [-0.1, -0.05) is 25.5 Å². The molecule has 4 rings (SSSR count). The number of amides is 1. The Morgan fingerprint density at radius 2 is 1.76 bits per heavy atom. The van der Waals surface area contributed by atoms with Gasteiger partial charge in [-0.2, -0.15) is 5.10 Å². The lowest BCUT2D eigenvalue weighted by molar-refractivity contribution is -0.167. The van der Waals surface area contributed by atoms with E-state index in [0.717, 1.165) is 38.5 Å². The zero-order valence-corrected chi connectivity index (χ0v) is 23.9. The first-order valence-corrected chi connectivity index (χ1v) is 14.0. The Kier molecular flexibility index (Phi) is 7.99. The van der Waals surface area contributed by atoms with Crippen LogP contribution in [0.4, 0.5) is 4.79 Å². The van der Waals surface area contributed by atoms with E-state index in [0.29, 0.717) is 24.0 Å². The summed E-state index contributed by atoms with van der Waals surface area (Å²) in [5, 5.41) is 4.40. The lowest BCUT2D eigenvalue weighted by Crippen LogP contribution is -2.61. The maximum absolute atomic E-state index is 12.3. The van der Waals surface area contributed by atoms with Crippen LogP contribution in [0.25, 0.3) is 0 Å². The number of rotatable bonds is 6. The topological polar surface area (TPSA) is 113 Å². The molecule has 0 radical (unpaired) electrons. The Labute approximate surface area is 226 Å². The van der Waals surface area contributed by atoms with Crippen molar-refractivity contribution in [2.75, 3.05) is 13.7 Å². The van der Waals surface area contributed by atoms with Gasteiger partial charge in [0.05, 0.1) is 12.3 Å². The molecule has 0 aromatic rings. The summed E-state index contributed by atoms with van der Waals surface area (Å²) >= 11 is 0. The fourth-order valence-electron chi connectivity index (χ4n) is 8.81. The monoisotopic (exact) mass is 532 g/mol. The molecule has 4 aliphatic carbocycles. The molecule has 38 heavy (non-hydrogen) atoms. The van der Waals surface area contributed by atoms with Gasteiger partial charge in [-0.05, 0) is 75.5 Å². The van der Waals surface area contributed by atoms with Crippen LogP contribution in [0.1, 0.15) is 86.5 Å². The molecule has 3 saturated carbocycles. The average Bonchev–Trinajstić information content (AvgIpc) is 3.10. The lowest BCUT2D eigenvalue weighted by atomic mass is 9.46. The second kappa shape index (κ2) is 10.6. The van der Waals surface area contributed by atoms with Gasteiger partial charge < -0.3 is 18.9 Å². The minimum atomic E-state index is -0.980. The van der Waals surface area contributed by atoms with E-state index in [1.807, 2.05) is 6.92 Å². The number of nitrogens with one attached hydrogen (secondary N) is 1. The number of allylic oxidation sites excluding steroid dienone is 1. The Morgan fingerprint density at radius 3 is 2.39 bits per heavy atom. The number of hydrazone groups is 1. The normalized spacial score (nSPS) is 40.1. The van der Waals surface area contributed by atoms with Gasteiger partial charge in [-0.25, -0.2) is 10.2 Å². The fraction of sp³-hybridized carbons (Fsp3) is 0.793. The van der Waals surface area contributed by atoms with Crippen LogP contribution in [0.2, 0.25) is 0 Å². The molecule has 0 aromatic heterocycles. The van der Waals surface area contributed by atoms with E-state index in [9.17, 15) is 14.4 Å². The Balaban J connectivity index is 1.68. The van der Waals surface area contributed by atoms with Crippen molar-refractivity contribution in [2.45, 2.75) is 104 Å². The van der Waals surface area contributed by atoms with Crippen LogP contribution in [0.5, 0.6) is 0 Å². The maximum Gasteiger partial charge on any atom is 0.427 e. The van der Waals surface area contributed by atoms with Gasteiger partial charge in [-0.3, -0.25) is 9.59 Å². The van der Waals surface area contributed by atoms with Crippen molar-refractivity contribution >= 4 is 23.7 Å². The largest absolute Gasteiger partial charge is 0.462 e. The molecule has 9 nitrogen and oxygen atoms in total. The van der Waals surface area contributed by atoms with E-state index in [1.165, 1.54) is 19.4 Å². The van der Waals surface area contributed by atoms with Crippen molar-refractivity contribution in [3.05, 3.63) is 11.6 Å². The van der Waals surface area contributed by atoms with Crippen molar-refractivity contribution < 1.29 is 33.3 Å². The number of carbonyl (C=O) groups excluding carboxylic acids is 3. The SMILES string of the molecule is CCOC(=O)N/N=C(/C)[C@]1(OC)[C@H](OC(C)=O)C[C@@H]2[C@H]3CC=C4C[C@@H](OC(C)=O)CC[C@]4(C)[C@@H]3CC[C@@]21C. The van der Waals surface area contributed by atoms with Gasteiger partial charge in [0.1, 0.15) is 17.8 Å². The standard InChI is InChI=1S/C29H44N2O7/c1-8-36-26(34)31-30-17(2)29(35-7)25(38-19(4)33)16-24-22-10-9-20-15-21(37-18(3)32)11-13-27(20,5)23(22)12-14-28(24,29)6/h9,21-25H,8,10-16H2,1-7H3,(H,31,34)/b30-17-/t21-,22-,23+,24+,25+,27-,28-,29-/m0/s1. The first-order chi connectivity index (χ1) is 17.9. The van der Waals surface area contributed by atoms with Gasteiger partial charge >= 0.3 is 18.0 Å². The predicted octanol–water partition coefficient (Wildman–Crippen LogP) is 4.93. The molecule has 1 amide bonds. The van der Waals surface area contributed by atoms with Gasteiger partial charge in [0, 0.05) is 32.8 Å². The number of esters is 2. The van der Waals surface area contributed by atoms with Gasteiger partial charge in [0.15, 0.2) is 0 Å². The average molecular weight is 533 g/mol. The maximum atomic E-state index is 12.3. The van der Waals surface area contributed by atoms with Crippen LogP contribution >= 0.6 is 0 Å². The van der Waals surface area contributed by atoms with E-state index in [1.54, 1.807) is 14.0 Å². The molecular weight excluding hydrogens is 488 g/mol. The van der Waals surface area contributed by atoms with Gasteiger partial charge in [0.25, 0.3) is 0 Å². The highest BCUT2D eigenvalue weighted by Gasteiger charge is 2.70. The molecule has 212 valence electrons. The Bertz CT molecular complexity index is 1020. The Hall–Kier alpha value is -2.42. The molecule has 0 spiro atoms. The quantitative estimate of drug-likeness (QED) is 0.170. The van der Waals surface area contributed by atoms with E-state index in [-0.39, 0.29) is 41.4 Å². The van der Waals surface area contributed by atoms with Crippen molar-refractivity contribution in [1.29, 1.82) is 0 Å². The van der Waals surface area contributed by atoms with E-state index in [4.69, 9.17) is 18.9 Å². The summed E-state index contributed by atoms with van der Waals surface area (Å²) in [4.78, 5) is 35.9. The van der Waals surface area contributed by atoms with Crippen molar-refractivity contribution in [2.24, 2.45) is 33.7 Å². The summed E-state index contributed by atoms with van der Waals surface area (Å²) in [6.45, 7) is 11.3. The summed E-state index contributed by atoms with van der Waals surface area (Å²) in [6.07, 6.45) is 7.38. The number of hydrogen-bond donors (Lipinski definition) is 1. The molecule has 0 unspecified atom stereocenters. The molecule has 0 heterocycles. The van der Waals surface area contributed by atoms with Crippen molar-refractivity contribution in [3.8, 4) is 0 Å². The summed E-state index contributed by atoms with van der Waals surface area (Å²) < 4.78 is 22.9. The first kappa shape index (κ1) is 28.6. The number of fused-ring (bicyclic) bond motifs is 5. The van der Waals surface area contributed by atoms with Crippen LogP contribution < -0.4 is 5.43 Å². The predicted molar refractivity (Wildman–Crippen MR) is 141 cm³/mol. The van der Waals surface area contributed by atoms with Gasteiger partial charge in [0.2, 0.25) is 0 Å². The second-order valence-corrected chi connectivity index (χ2v) is 12.0. The summed E-state index contributed by atoms with van der Waals surface area (Å²) in [6, 6.07) is 0. The van der Waals surface area contributed by atoms with E-state index >= 15 is 0 Å². The first-order valence-electron chi connectivity index (χ1n) is 14.0. The molecule has 4 aliphatic rings. The molecule has 8 atom stereocenters. The van der Waals surface area contributed by atoms with Gasteiger partial charge in [-0.15, -0.1) is 0 Å². The van der Waals surface area contributed by atoms with Crippen molar-refractivity contribution in [3.63, 3.8) is 0 Å². The molecular formula is C29H44N2O7. The number of ether oxygens (including phenoxy) is 4. The Morgan fingerprint density at radius 1 is 1.05 bits per heavy atom. The summed E-state index contributed by atoms with van der Waals surface area (Å²) in [5.74, 6) is 0.546. The smallest absolute Gasteiger partial charge is 0.427 e. The third-order valence-corrected chi connectivity index (χ3v) is 10.3. The molecule has 0 saturated heterocycles. The minimum Gasteiger partial charge on any atom is -0.462 e. The van der Waals surface area contributed by atoms with Crippen LogP contribution in [0.3, 0.4) is 0 Å². The summed E-state index contributed by atoms with van der Waals surface area (Å²) in [5.41, 5.74) is 3.20. The lowest BCUT2D eigenvalue weighted by Gasteiger charge is -2.59. The molecule has 3 fully saturated rings. The molecule has 0 bridgehead atoms. The number of nitrogens with zero attached hydrogens (tertiary/aromatic N) is 1. The highest BCUT2D eigenvalue weighted by Crippen LogP contribution is 2.68. The zero-order valence-electron chi connectivity index (χ0n) is 23.9. The molecule has 1 N–H and O–H groups in total. The minimum absolute atomic E-state index is 0.0380. The van der Waals surface area contributed by atoms with E-state index < -0.39 is 17.8 Å². The van der Waals surface area contributed by atoms with E-state index in [2.05, 4.69) is 30.5 Å². The van der Waals surface area contributed by atoms with Crippen molar-refractivity contribution in [1.82, 2.24) is 5.43 Å². The molecule has 0 aromatic carbocycles. The number of hydrogen-bond acceptors (Lipinski definition) is 8. The van der Waals surface area contributed by atoms with Crippen LogP contribution in [-0.2, 0) is 28.5 Å². The fourth-order valence-corrected chi connectivity index (χ4v) is 8.81. The highest BCUT2D eigenvalue weighted by molar-refractivity contribution is 5.93. The van der Waals surface area contributed by atoms with Crippen LogP contribution in [0, 0.1) is 28.6 Å². The summed E-state index contributed by atoms with van der Waals surface area (Å²) in [7, 11) is 1.65. The molecule has 0 aliphatic heterocycles. The van der Waals surface area contributed by atoms with Crippen LogP contribution in [-0.4, -0.2) is 55.3 Å². The number of carbonyl (C=O) groups is 3. The zero-order chi connectivity index (χ0) is 27.9. The second-order valence-electron chi connectivity index (χ2n) is 12.0. The highest BCUT2D eigenvalue weighted by atomic mass is 16.6.